The average molecular weight is 306 g/mol. The van der Waals surface area contributed by atoms with Gasteiger partial charge in [0.15, 0.2) is 11.0 Å². The van der Waals surface area contributed by atoms with Gasteiger partial charge in [-0.2, -0.15) is 0 Å². The predicted molar refractivity (Wildman–Crippen MR) is 76.7 cm³/mol. The molecule has 1 amide bonds. The second-order valence-corrected chi connectivity index (χ2v) is 5.40. The molecule has 0 spiro atoms. The van der Waals surface area contributed by atoms with Crippen molar-refractivity contribution in [3.05, 3.63) is 52.9 Å². The quantitative estimate of drug-likeness (QED) is 0.908. The van der Waals surface area contributed by atoms with Gasteiger partial charge in [0.2, 0.25) is 0 Å². The number of carboxylic acid groups (broad SMARTS) is 1. The van der Waals surface area contributed by atoms with Crippen molar-refractivity contribution in [2.24, 2.45) is 0 Å². The maximum absolute atomic E-state index is 11.9. The van der Waals surface area contributed by atoms with Gasteiger partial charge >= 0.3 is 5.97 Å². The number of aliphatic carboxylic acids is 1. The molecule has 1 aromatic carbocycles. The first-order valence-electron chi connectivity index (χ1n) is 6.42. The van der Waals surface area contributed by atoms with Gasteiger partial charge in [-0.05, 0) is 54.3 Å². The van der Waals surface area contributed by atoms with Crippen LogP contribution in [0.3, 0.4) is 0 Å². The third-order valence-electron chi connectivity index (χ3n) is 3.65. The lowest BCUT2D eigenvalue weighted by atomic mass is 9.96. The van der Waals surface area contributed by atoms with Crippen molar-refractivity contribution in [1.82, 2.24) is 0 Å². The highest BCUT2D eigenvalue weighted by atomic mass is 35.5. The number of anilines is 1. The topological polar surface area (TPSA) is 79.5 Å². The first-order chi connectivity index (χ1) is 10.0. The van der Waals surface area contributed by atoms with E-state index in [4.69, 9.17) is 16.0 Å². The second-order valence-electron chi connectivity index (χ2n) is 5.02. The number of carbonyl (C=O) groups excluding carboxylic acids is 1. The summed E-state index contributed by atoms with van der Waals surface area (Å²) in [5.74, 6) is -1.09. The van der Waals surface area contributed by atoms with Crippen LogP contribution in [-0.4, -0.2) is 17.0 Å². The number of carbonyl (C=O) groups is 2. The molecule has 1 fully saturated rings. The Morgan fingerprint density at radius 3 is 2.29 bits per heavy atom. The van der Waals surface area contributed by atoms with E-state index in [0.717, 1.165) is 5.56 Å². The minimum atomic E-state index is -0.801. The molecule has 2 aromatic rings. The van der Waals surface area contributed by atoms with Crippen molar-refractivity contribution in [2.45, 2.75) is 18.3 Å². The largest absolute Gasteiger partial charge is 0.481 e. The lowest BCUT2D eigenvalue weighted by molar-refractivity contribution is -0.140. The summed E-state index contributed by atoms with van der Waals surface area (Å²) < 4.78 is 5.01. The summed E-state index contributed by atoms with van der Waals surface area (Å²) >= 11 is 5.61. The number of rotatable bonds is 4. The Morgan fingerprint density at radius 2 is 1.81 bits per heavy atom. The zero-order valence-electron chi connectivity index (χ0n) is 10.9. The van der Waals surface area contributed by atoms with Crippen molar-refractivity contribution in [3.8, 4) is 0 Å². The van der Waals surface area contributed by atoms with Crippen LogP contribution >= 0.6 is 11.6 Å². The molecular formula is C15H12ClNO4. The Kier molecular flexibility index (Phi) is 3.22. The van der Waals surface area contributed by atoms with Crippen LogP contribution in [0, 0.1) is 0 Å². The molecule has 1 heterocycles. The monoisotopic (exact) mass is 305 g/mol. The van der Waals surface area contributed by atoms with E-state index in [1.54, 1.807) is 24.3 Å². The van der Waals surface area contributed by atoms with Crippen LogP contribution in [0.1, 0.15) is 29.0 Å². The third-order valence-corrected chi connectivity index (χ3v) is 3.85. The van der Waals surface area contributed by atoms with E-state index in [2.05, 4.69) is 5.32 Å². The number of nitrogens with one attached hydrogen (secondary N) is 1. The number of amides is 1. The molecule has 0 unspecified atom stereocenters. The summed E-state index contributed by atoms with van der Waals surface area (Å²) in [6.45, 7) is 0. The molecular weight excluding hydrogens is 294 g/mol. The van der Waals surface area contributed by atoms with Gasteiger partial charge in [0.05, 0.1) is 5.41 Å². The molecule has 0 bridgehead atoms. The highest BCUT2D eigenvalue weighted by Crippen LogP contribution is 2.48. The first kappa shape index (κ1) is 13.7. The van der Waals surface area contributed by atoms with E-state index >= 15 is 0 Å². The molecule has 108 valence electrons. The standard InChI is InChI=1S/C15H12ClNO4/c16-12-6-5-11(21-12)13(18)17-10-3-1-9(2-4-10)15(7-8-15)14(19)20/h1-6H,7-8H2,(H,17,18)(H,19,20). The Hall–Kier alpha value is -2.27. The molecule has 3 rings (SSSR count). The van der Waals surface area contributed by atoms with Gasteiger partial charge < -0.3 is 14.8 Å². The predicted octanol–water partition coefficient (Wildman–Crippen LogP) is 3.30. The van der Waals surface area contributed by atoms with Gasteiger partial charge in [0.1, 0.15) is 0 Å². The maximum Gasteiger partial charge on any atom is 0.314 e. The number of furan rings is 1. The number of hydrogen-bond acceptors (Lipinski definition) is 3. The Bertz CT molecular complexity index is 701. The zero-order chi connectivity index (χ0) is 15.0. The molecule has 1 aromatic heterocycles. The van der Waals surface area contributed by atoms with E-state index in [9.17, 15) is 14.7 Å². The molecule has 2 N–H and O–H groups in total. The lowest BCUT2D eigenvalue weighted by Crippen LogP contribution is -2.19. The minimum Gasteiger partial charge on any atom is -0.481 e. The van der Waals surface area contributed by atoms with Crippen LogP contribution in [0.2, 0.25) is 5.22 Å². The van der Waals surface area contributed by atoms with Crippen LogP contribution in [0.15, 0.2) is 40.8 Å². The van der Waals surface area contributed by atoms with Gasteiger partial charge in [-0.3, -0.25) is 9.59 Å². The van der Waals surface area contributed by atoms with Crippen LogP contribution < -0.4 is 5.32 Å². The highest BCUT2D eigenvalue weighted by molar-refractivity contribution is 6.29. The van der Waals surface area contributed by atoms with Gasteiger partial charge in [-0.1, -0.05) is 12.1 Å². The first-order valence-corrected chi connectivity index (χ1v) is 6.80. The summed E-state index contributed by atoms with van der Waals surface area (Å²) in [5.41, 5.74) is 0.586. The van der Waals surface area contributed by atoms with Gasteiger partial charge in [0.25, 0.3) is 5.91 Å². The van der Waals surface area contributed by atoms with E-state index in [0.29, 0.717) is 18.5 Å². The van der Waals surface area contributed by atoms with Crippen LogP contribution in [0.4, 0.5) is 5.69 Å². The smallest absolute Gasteiger partial charge is 0.314 e. The normalized spacial score (nSPS) is 15.5. The molecule has 0 aliphatic heterocycles. The van der Waals surface area contributed by atoms with E-state index in [-0.39, 0.29) is 11.0 Å². The van der Waals surface area contributed by atoms with Gasteiger partial charge in [-0.15, -0.1) is 0 Å². The van der Waals surface area contributed by atoms with Crippen molar-refractivity contribution in [1.29, 1.82) is 0 Å². The fourth-order valence-corrected chi connectivity index (χ4v) is 2.40. The lowest BCUT2D eigenvalue weighted by Gasteiger charge is -2.11. The molecule has 5 nitrogen and oxygen atoms in total. The van der Waals surface area contributed by atoms with Crippen molar-refractivity contribution in [2.75, 3.05) is 5.32 Å². The number of benzene rings is 1. The summed E-state index contributed by atoms with van der Waals surface area (Å²) in [6, 6.07) is 9.79. The molecule has 0 radical (unpaired) electrons. The number of halogens is 1. The van der Waals surface area contributed by atoms with Crippen LogP contribution in [-0.2, 0) is 10.2 Å². The third kappa shape index (κ3) is 2.52. The molecule has 1 aliphatic rings. The molecule has 0 atom stereocenters. The van der Waals surface area contributed by atoms with Crippen molar-refractivity contribution >= 4 is 29.2 Å². The molecule has 0 saturated heterocycles. The Morgan fingerprint density at radius 1 is 1.14 bits per heavy atom. The van der Waals surface area contributed by atoms with Crippen molar-refractivity contribution < 1.29 is 19.1 Å². The summed E-state index contributed by atoms with van der Waals surface area (Å²) in [5, 5.41) is 12.0. The Labute approximate surface area is 125 Å². The van der Waals surface area contributed by atoms with E-state index in [1.165, 1.54) is 12.1 Å². The molecule has 6 heteroatoms. The number of hydrogen-bond donors (Lipinski definition) is 2. The molecule has 21 heavy (non-hydrogen) atoms. The number of carboxylic acids is 1. The van der Waals surface area contributed by atoms with Crippen LogP contribution in [0.25, 0.3) is 0 Å². The van der Waals surface area contributed by atoms with Gasteiger partial charge in [0, 0.05) is 5.69 Å². The Balaban J connectivity index is 1.73. The molecule has 1 saturated carbocycles. The fourth-order valence-electron chi connectivity index (χ4n) is 2.25. The van der Waals surface area contributed by atoms with E-state index < -0.39 is 17.3 Å². The van der Waals surface area contributed by atoms with Gasteiger partial charge in [-0.25, -0.2) is 0 Å². The second kappa shape index (κ2) is 4.93. The maximum atomic E-state index is 11.9. The minimum absolute atomic E-state index is 0.119. The van der Waals surface area contributed by atoms with Crippen LogP contribution in [0.5, 0.6) is 0 Å². The summed E-state index contributed by atoms with van der Waals surface area (Å²) in [7, 11) is 0. The SMILES string of the molecule is O=C(Nc1ccc(C2(C(=O)O)CC2)cc1)c1ccc(Cl)o1. The van der Waals surface area contributed by atoms with E-state index in [1.807, 2.05) is 0 Å². The molecule has 1 aliphatic carbocycles. The fraction of sp³-hybridized carbons (Fsp3) is 0.200. The zero-order valence-corrected chi connectivity index (χ0v) is 11.7. The average Bonchev–Trinajstić information content (AvgIpc) is 3.16. The van der Waals surface area contributed by atoms with Crippen molar-refractivity contribution in [3.63, 3.8) is 0 Å². The summed E-state index contributed by atoms with van der Waals surface area (Å²) in [4.78, 5) is 23.1. The summed E-state index contributed by atoms with van der Waals surface area (Å²) in [6.07, 6.45) is 1.30. The highest BCUT2D eigenvalue weighted by Gasteiger charge is 2.51.